The van der Waals surface area contributed by atoms with Crippen LogP contribution >= 0.6 is 0 Å². The van der Waals surface area contributed by atoms with E-state index in [1.807, 2.05) is 6.92 Å². The van der Waals surface area contributed by atoms with Crippen LogP contribution in [0.2, 0.25) is 0 Å². The summed E-state index contributed by atoms with van der Waals surface area (Å²) in [5, 5.41) is 4.06. The highest BCUT2D eigenvalue weighted by atomic mass is 19.1. The molecule has 0 aliphatic carbocycles. The second-order valence-electron chi connectivity index (χ2n) is 4.79. The second kappa shape index (κ2) is 5.08. The number of Topliss-reactive ketones (excluding diaryl/α,β-unsaturated/α-hetero) is 1. The molecule has 0 spiro atoms. The van der Waals surface area contributed by atoms with Gasteiger partial charge in [-0.1, -0.05) is 0 Å². The molecule has 6 nitrogen and oxygen atoms in total. The van der Waals surface area contributed by atoms with Crippen LogP contribution in [0.25, 0.3) is 17.2 Å². The predicted octanol–water partition coefficient (Wildman–Crippen LogP) is 2.29. The van der Waals surface area contributed by atoms with Crippen molar-refractivity contribution in [1.29, 1.82) is 0 Å². The first kappa shape index (κ1) is 13.4. The first-order chi connectivity index (χ1) is 10.1. The Hall–Kier alpha value is -2.57. The maximum Gasteiger partial charge on any atom is 0.199 e. The monoisotopic (exact) mass is 288 g/mol. The summed E-state index contributed by atoms with van der Waals surface area (Å²) in [6.45, 7) is 2.54. The number of carbonyl (C=O) groups excluding carboxylic acids is 1. The van der Waals surface area contributed by atoms with Crippen LogP contribution in [0.5, 0.6) is 0 Å². The first-order valence-corrected chi connectivity index (χ1v) is 6.44. The molecule has 0 aliphatic rings. The molecule has 0 radical (unpaired) electrons. The van der Waals surface area contributed by atoms with Gasteiger partial charge in [0.15, 0.2) is 29.7 Å². The summed E-state index contributed by atoms with van der Waals surface area (Å²) >= 11 is 0. The van der Waals surface area contributed by atoms with Gasteiger partial charge in [0.05, 0.1) is 5.69 Å². The van der Waals surface area contributed by atoms with E-state index in [9.17, 15) is 9.18 Å². The minimum Gasteiger partial charge on any atom is -0.458 e. The SMILES string of the molecule is CC(=O)Cc1cc2nc(CF)nn2c(-c2ccc(C)o2)n1. The maximum atomic E-state index is 12.8. The zero-order chi connectivity index (χ0) is 15.0. The van der Waals surface area contributed by atoms with Gasteiger partial charge in [-0.15, -0.1) is 5.10 Å². The largest absolute Gasteiger partial charge is 0.458 e. The number of aromatic nitrogens is 4. The Kier molecular flexibility index (Phi) is 3.25. The summed E-state index contributed by atoms with van der Waals surface area (Å²) in [6, 6.07) is 5.19. The summed E-state index contributed by atoms with van der Waals surface area (Å²) in [4.78, 5) is 19.8. The van der Waals surface area contributed by atoms with Crippen molar-refractivity contribution in [2.45, 2.75) is 26.9 Å². The highest BCUT2D eigenvalue weighted by molar-refractivity contribution is 5.78. The van der Waals surface area contributed by atoms with Gasteiger partial charge in [0.2, 0.25) is 0 Å². The van der Waals surface area contributed by atoms with Gasteiger partial charge in [-0.3, -0.25) is 4.79 Å². The lowest BCUT2D eigenvalue weighted by Crippen LogP contribution is -2.05. The van der Waals surface area contributed by atoms with Crippen molar-refractivity contribution in [2.24, 2.45) is 0 Å². The molecule has 3 aromatic heterocycles. The van der Waals surface area contributed by atoms with E-state index in [0.717, 1.165) is 5.76 Å². The van der Waals surface area contributed by atoms with Gasteiger partial charge in [-0.2, -0.15) is 4.52 Å². The van der Waals surface area contributed by atoms with Crippen LogP contribution in [-0.2, 0) is 17.9 Å². The smallest absolute Gasteiger partial charge is 0.199 e. The zero-order valence-electron chi connectivity index (χ0n) is 11.6. The number of ketones is 1. The van der Waals surface area contributed by atoms with E-state index in [-0.39, 0.29) is 18.0 Å². The molecule has 21 heavy (non-hydrogen) atoms. The van der Waals surface area contributed by atoms with Crippen molar-refractivity contribution in [3.8, 4) is 11.6 Å². The number of furan rings is 1. The normalized spacial score (nSPS) is 11.2. The summed E-state index contributed by atoms with van der Waals surface area (Å²) < 4.78 is 19.8. The third-order valence-electron chi connectivity index (χ3n) is 2.93. The number of nitrogens with zero attached hydrogens (tertiary/aromatic N) is 4. The third-order valence-corrected chi connectivity index (χ3v) is 2.93. The number of rotatable bonds is 4. The quantitative estimate of drug-likeness (QED) is 0.736. The lowest BCUT2D eigenvalue weighted by molar-refractivity contribution is -0.116. The first-order valence-electron chi connectivity index (χ1n) is 6.44. The van der Waals surface area contributed by atoms with Crippen molar-refractivity contribution in [1.82, 2.24) is 19.6 Å². The third kappa shape index (κ3) is 2.54. The van der Waals surface area contributed by atoms with E-state index in [0.29, 0.717) is 22.9 Å². The molecular weight excluding hydrogens is 275 g/mol. The van der Waals surface area contributed by atoms with Crippen molar-refractivity contribution in [2.75, 3.05) is 0 Å². The van der Waals surface area contributed by atoms with Crippen molar-refractivity contribution in [3.05, 3.63) is 35.5 Å². The van der Waals surface area contributed by atoms with Gasteiger partial charge >= 0.3 is 0 Å². The fourth-order valence-electron chi connectivity index (χ4n) is 2.10. The lowest BCUT2D eigenvalue weighted by atomic mass is 10.2. The van der Waals surface area contributed by atoms with Crippen molar-refractivity contribution in [3.63, 3.8) is 0 Å². The standard InChI is InChI=1S/C14H13FN4O2/c1-8(20)5-10-6-13-17-12(7-15)18-19(13)14(16-10)11-4-3-9(2)21-11/h3-4,6H,5,7H2,1-2H3. The Morgan fingerprint density at radius 3 is 2.81 bits per heavy atom. The van der Waals surface area contributed by atoms with E-state index in [1.165, 1.54) is 11.4 Å². The maximum absolute atomic E-state index is 12.8. The molecule has 3 aromatic rings. The highest BCUT2D eigenvalue weighted by Crippen LogP contribution is 2.22. The summed E-state index contributed by atoms with van der Waals surface area (Å²) in [7, 11) is 0. The van der Waals surface area contributed by atoms with Gasteiger partial charge in [-0.25, -0.2) is 14.4 Å². The van der Waals surface area contributed by atoms with E-state index in [1.54, 1.807) is 18.2 Å². The van der Waals surface area contributed by atoms with Crippen LogP contribution in [0.1, 0.15) is 24.2 Å². The van der Waals surface area contributed by atoms with E-state index in [2.05, 4.69) is 15.1 Å². The number of aryl methyl sites for hydroxylation is 1. The van der Waals surface area contributed by atoms with Crippen LogP contribution in [0.15, 0.2) is 22.6 Å². The summed E-state index contributed by atoms with van der Waals surface area (Å²) in [5.74, 6) is 1.69. The molecular formula is C14H13FN4O2. The van der Waals surface area contributed by atoms with Crippen molar-refractivity contribution >= 4 is 11.4 Å². The predicted molar refractivity (Wildman–Crippen MR) is 72.4 cm³/mol. The molecule has 108 valence electrons. The zero-order valence-corrected chi connectivity index (χ0v) is 11.6. The van der Waals surface area contributed by atoms with Gasteiger partial charge in [0, 0.05) is 12.5 Å². The highest BCUT2D eigenvalue weighted by Gasteiger charge is 2.15. The van der Waals surface area contributed by atoms with E-state index >= 15 is 0 Å². The number of fused-ring (bicyclic) bond motifs is 1. The minimum absolute atomic E-state index is 0.0151. The van der Waals surface area contributed by atoms with Gasteiger partial charge < -0.3 is 4.42 Å². The summed E-state index contributed by atoms with van der Waals surface area (Å²) in [6.07, 6.45) is 0.182. The molecule has 0 aliphatic heterocycles. The fourth-order valence-corrected chi connectivity index (χ4v) is 2.10. The minimum atomic E-state index is -0.764. The topological polar surface area (TPSA) is 73.3 Å². The number of hydrogen-bond donors (Lipinski definition) is 0. The van der Waals surface area contributed by atoms with Crippen LogP contribution in [0, 0.1) is 6.92 Å². The molecule has 3 rings (SSSR count). The lowest BCUT2D eigenvalue weighted by Gasteiger charge is -2.03. The van der Waals surface area contributed by atoms with Gasteiger partial charge in [0.1, 0.15) is 11.5 Å². The van der Waals surface area contributed by atoms with E-state index < -0.39 is 6.67 Å². The number of alkyl halides is 1. The average Bonchev–Trinajstić information content (AvgIpc) is 3.02. The van der Waals surface area contributed by atoms with E-state index in [4.69, 9.17) is 4.42 Å². The van der Waals surface area contributed by atoms with Gasteiger partial charge in [0.25, 0.3) is 0 Å². The molecule has 0 bridgehead atoms. The Labute approximate surface area is 119 Å². The van der Waals surface area contributed by atoms with Crippen molar-refractivity contribution < 1.29 is 13.6 Å². The molecule has 0 amide bonds. The van der Waals surface area contributed by atoms with Crippen LogP contribution in [0.4, 0.5) is 4.39 Å². The molecule has 0 aromatic carbocycles. The number of halogens is 1. The molecule has 7 heteroatoms. The Bertz CT molecular complexity index is 822. The molecule has 0 saturated heterocycles. The van der Waals surface area contributed by atoms with Gasteiger partial charge in [-0.05, 0) is 26.0 Å². The fraction of sp³-hybridized carbons (Fsp3) is 0.286. The molecule has 0 fully saturated rings. The summed E-state index contributed by atoms with van der Waals surface area (Å²) in [5.41, 5.74) is 0.995. The number of hydrogen-bond acceptors (Lipinski definition) is 5. The molecule has 0 saturated carbocycles. The number of carbonyl (C=O) groups is 1. The van der Waals surface area contributed by atoms with Crippen LogP contribution in [-0.4, -0.2) is 25.4 Å². The molecule has 0 atom stereocenters. The van der Waals surface area contributed by atoms with Crippen LogP contribution in [0.3, 0.4) is 0 Å². The van der Waals surface area contributed by atoms with Crippen LogP contribution < -0.4 is 0 Å². The average molecular weight is 288 g/mol. The molecule has 3 heterocycles. The Morgan fingerprint density at radius 1 is 1.38 bits per heavy atom. The molecule has 0 N–H and O–H groups in total. The Balaban J connectivity index is 2.23. The second-order valence-corrected chi connectivity index (χ2v) is 4.79. The Morgan fingerprint density at radius 2 is 2.19 bits per heavy atom. The molecule has 0 unspecified atom stereocenters.